The summed E-state index contributed by atoms with van der Waals surface area (Å²) in [6, 6.07) is 3.59. The van der Waals surface area contributed by atoms with Crippen molar-refractivity contribution in [2.45, 2.75) is 12.8 Å². The summed E-state index contributed by atoms with van der Waals surface area (Å²) in [5.74, 6) is -3.21. The number of halogens is 2. The van der Waals surface area contributed by atoms with E-state index in [1.54, 1.807) is 0 Å². The van der Waals surface area contributed by atoms with Gasteiger partial charge in [-0.15, -0.1) is 10.2 Å². The lowest BCUT2D eigenvalue weighted by Crippen LogP contribution is -1.97. The van der Waals surface area contributed by atoms with Gasteiger partial charge in [-0.2, -0.15) is 0 Å². The third kappa shape index (κ3) is 2.50. The molecule has 2 aromatic rings. The summed E-state index contributed by atoms with van der Waals surface area (Å²) in [6.45, 7) is 0. The molecular formula is C11H8F2N2O3. The Bertz CT molecular complexity index is 583. The highest BCUT2D eigenvalue weighted by Gasteiger charge is 2.16. The summed E-state index contributed by atoms with van der Waals surface area (Å²) in [7, 11) is 0. The molecule has 1 N–H and O–H groups in total. The van der Waals surface area contributed by atoms with Crippen LogP contribution in [0.25, 0.3) is 11.5 Å². The van der Waals surface area contributed by atoms with Gasteiger partial charge in [0.2, 0.25) is 5.89 Å². The summed E-state index contributed by atoms with van der Waals surface area (Å²) in [6.07, 6.45) is -0.132. The molecule has 0 bridgehead atoms. The molecule has 1 aromatic carbocycles. The molecule has 94 valence electrons. The minimum Gasteiger partial charge on any atom is -0.481 e. The number of hydrogen-bond donors (Lipinski definition) is 1. The number of aliphatic carboxylic acids is 1. The Morgan fingerprint density at radius 1 is 1.33 bits per heavy atom. The molecule has 0 spiro atoms. The largest absolute Gasteiger partial charge is 0.481 e. The van der Waals surface area contributed by atoms with Gasteiger partial charge in [0.1, 0.15) is 0 Å². The highest BCUT2D eigenvalue weighted by Crippen LogP contribution is 2.23. The van der Waals surface area contributed by atoms with Crippen molar-refractivity contribution in [3.8, 4) is 11.5 Å². The van der Waals surface area contributed by atoms with Crippen LogP contribution >= 0.6 is 0 Å². The Morgan fingerprint density at radius 2 is 2.11 bits per heavy atom. The molecule has 0 saturated carbocycles. The van der Waals surface area contributed by atoms with Gasteiger partial charge < -0.3 is 9.52 Å². The van der Waals surface area contributed by atoms with Gasteiger partial charge in [0, 0.05) is 6.42 Å². The maximum atomic E-state index is 13.4. The van der Waals surface area contributed by atoms with E-state index < -0.39 is 17.6 Å². The summed E-state index contributed by atoms with van der Waals surface area (Å²) in [5.41, 5.74) is -0.149. The van der Waals surface area contributed by atoms with E-state index in [0.29, 0.717) is 0 Å². The molecule has 2 rings (SSSR count). The minimum atomic E-state index is -1.08. The number of hydrogen-bond acceptors (Lipinski definition) is 4. The molecule has 18 heavy (non-hydrogen) atoms. The average Bonchev–Trinajstić information content (AvgIpc) is 2.78. The summed E-state index contributed by atoms with van der Waals surface area (Å²) >= 11 is 0. The van der Waals surface area contributed by atoms with Crippen LogP contribution in [0.15, 0.2) is 22.6 Å². The van der Waals surface area contributed by atoms with Gasteiger partial charge in [0.05, 0.1) is 12.0 Å². The van der Waals surface area contributed by atoms with E-state index in [9.17, 15) is 13.6 Å². The number of carbonyl (C=O) groups is 1. The lowest BCUT2D eigenvalue weighted by Gasteiger charge is -1.97. The smallest absolute Gasteiger partial charge is 0.303 e. The van der Waals surface area contributed by atoms with Crippen LogP contribution in [0.1, 0.15) is 12.3 Å². The fraction of sp³-hybridized carbons (Fsp3) is 0.182. The predicted octanol–water partition coefficient (Wildman–Crippen LogP) is 2.03. The number of benzene rings is 1. The Hall–Kier alpha value is -2.31. The number of aromatic nitrogens is 2. The lowest BCUT2D eigenvalue weighted by molar-refractivity contribution is -0.137. The van der Waals surface area contributed by atoms with Crippen LogP contribution in [-0.4, -0.2) is 21.3 Å². The SMILES string of the molecule is O=C(O)CCc1nnc(-c2cccc(F)c2F)o1. The third-order valence-corrected chi connectivity index (χ3v) is 2.20. The first-order valence-corrected chi connectivity index (χ1v) is 5.06. The molecule has 7 heteroatoms. The second kappa shape index (κ2) is 4.91. The Balaban J connectivity index is 2.24. The molecule has 5 nitrogen and oxygen atoms in total. The van der Waals surface area contributed by atoms with E-state index in [1.807, 2.05) is 0 Å². The molecule has 0 radical (unpaired) electrons. The molecule has 0 aliphatic rings. The first-order valence-electron chi connectivity index (χ1n) is 5.06. The van der Waals surface area contributed by atoms with Gasteiger partial charge in [0.15, 0.2) is 11.6 Å². The molecular weight excluding hydrogens is 246 g/mol. The number of carboxylic acid groups (broad SMARTS) is 1. The van der Waals surface area contributed by atoms with Gasteiger partial charge >= 0.3 is 5.97 Å². The maximum absolute atomic E-state index is 13.4. The van der Waals surface area contributed by atoms with Crippen molar-refractivity contribution in [3.05, 3.63) is 35.7 Å². The molecule has 0 unspecified atom stereocenters. The number of rotatable bonds is 4. The van der Waals surface area contributed by atoms with Crippen molar-refractivity contribution in [2.75, 3.05) is 0 Å². The van der Waals surface area contributed by atoms with Gasteiger partial charge in [-0.1, -0.05) is 6.07 Å². The van der Waals surface area contributed by atoms with Crippen LogP contribution < -0.4 is 0 Å². The molecule has 0 saturated heterocycles. The number of aryl methyl sites for hydroxylation is 1. The van der Waals surface area contributed by atoms with Crippen molar-refractivity contribution in [1.82, 2.24) is 10.2 Å². The van der Waals surface area contributed by atoms with Crippen LogP contribution in [0.2, 0.25) is 0 Å². The van der Waals surface area contributed by atoms with E-state index in [2.05, 4.69) is 10.2 Å². The van der Waals surface area contributed by atoms with Crippen molar-refractivity contribution in [1.29, 1.82) is 0 Å². The number of carboxylic acids is 1. The maximum Gasteiger partial charge on any atom is 0.303 e. The van der Waals surface area contributed by atoms with Crippen LogP contribution in [0, 0.1) is 11.6 Å². The molecule has 1 aromatic heterocycles. The molecule has 1 heterocycles. The van der Waals surface area contributed by atoms with E-state index in [1.165, 1.54) is 12.1 Å². The predicted molar refractivity (Wildman–Crippen MR) is 55.6 cm³/mol. The topological polar surface area (TPSA) is 76.2 Å². The lowest BCUT2D eigenvalue weighted by atomic mass is 10.2. The van der Waals surface area contributed by atoms with Gasteiger partial charge in [-0.3, -0.25) is 4.79 Å². The van der Waals surface area contributed by atoms with Crippen molar-refractivity contribution < 1.29 is 23.1 Å². The summed E-state index contributed by atoms with van der Waals surface area (Å²) in [4.78, 5) is 10.3. The van der Waals surface area contributed by atoms with E-state index in [0.717, 1.165) is 6.07 Å². The van der Waals surface area contributed by atoms with Crippen molar-refractivity contribution in [2.24, 2.45) is 0 Å². The Morgan fingerprint density at radius 3 is 2.83 bits per heavy atom. The molecule has 0 amide bonds. The standard InChI is InChI=1S/C11H8F2N2O3/c12-7-3-1-2-6(10(7)13)11-15-14-8(18-11)4-5-9(16)17/h1-3H,4-5H2,(H,16,17). The monoisotopic (exact) mass is 254 g/mol. The van der Waals surface area contributed by atoms with Crippen LogP contribution in [-0.2, 0) is 11.2 Å². The number of nitrogens with zero attached hydrogens (tertiary/aromatic N) is 2. The zero-order valence-electron chi connectivity index (χ0n) is 9.06. The first-order chi connectivity index (χ1) is 8.58. The highest BCUT2D eigenvalue weighted by atomic mass is 19.2. The average molecular weight is 254 g/mol. The van der Waals surface area contributed by atoms with Gasteiger partial charge in [0.25, 0.3) is 5.89 Å². The van der Waals surface area contributed by atoms with Crippen molar-refractivity contribution in [3.63, 3.8) is 0 Å². The second-order valence-electron chi connectivity index (χ2n) is 3.50. The molecule has 0 fully saturated rings. The minimum absolute atomic E-state index is 0.0409. The van der Waals surface area contributed by atoms with E-state index in [4.69, 9.17) is 9.52 Å². The Labute approximate surface area is 100 Å². The van der Waals surface area contributed by atoms with E-state index >= 15 is 0 Å². The Kier molecular flexibility index (Phi) is 3.31. The van der Waals surface area contributed by atoms with Gasteiger partial charge in [-0.05, 0) is 12.1 Å². The molecule has 0 aliphatic carbocycles. The van der Waals surface area contributed by atoms with Crippen molar-refractivity contribution >= 4 is 5.97 Å². The van der Waals surface area contributed by atoms with Crippen LogP contribution in [0.3, 0.4) is 0 Å². The molecule has 0 aliphatic heterocycles. The molecule has 0 atom stereocenters. The van der Waals surface area contributed by atoms with Crippen LogP contribution in [0.4, 0.5) is 8.78 Å². The summed E-state index contributed by atoms with van der Waals surface area (Å²) in [5, 5.41) is 15.6. The zero-order chi connectivity index (χ0) is 13.1. The fourth-order valence-corrected chi connectivity index (χ4v) is 1.35. The van der Waals surface area contributed by atoms with Gasteiger partial charge in [-0.25, -0.2) is 8.78 Å². The fourth-order valence-electron chi connectivity index (χ4n) is 1.35. The van der Waals surface area contributed by atoms with E-state index in [-0.39, 0.29) is 30.2 Å². The first kappa shape index (κ1) is 12.2. The summed E-state index contributed by atoms with van der Waals surface area (Å²) < 4.78 is 31.5. The van der Waals surface area contributed by atoms with Crippen LogP contribution in [0.5, 0.6) is 0 Å². The normalized spacial score (nSPS) is 10.6. The second-order valence-corrected chi connectivity index (χ2v) is 3.50. The highest BCUT2D eigenvalue weighted by molar-refractivity contribution is 5.66. The quantitative estimate of drug-likeness (QED) is 0.903. The zero-order valence-corrected chi connectivity index (χ0v) is 9.06. The third-order valence-electron chi connectivity index (χ3n) is 2.20.